The zero-order valence-corrected chi connectivity index (χ0v) is 14.1. The Balaban J connectivity index is 1.91. The number of nitrogens with zero attached hydrogens (tertiary/aromatic N) is 3. The van der Waals surface area contributed by atoms with E-state index in [-0.39, 0.29) is 0 Å². The summed E-state index contributed by atoms with van der Waals surface area (Å²) in [6, 6.07) is 10.5. The van der Waals surface area contributed by atoms with Gasteiger partial charge in [0.1, 0.15) is 15.9 Å². The van der Waals surface area contributed by atoms with Gasteiger partial charge in [0.15, 0.2) is 0 Å². The van der Waals surface area contributed by atoms with E-state index in [1.165, 1.54) is 28.5 Å². The number of fused-ring (bicyclic) bond motifs is 5. The van der Waals surface area contributed by atoms with E-state index in [2.05, 4.69) is 34.2 Å². The molecule has 0 amide bonds. The highest BCUT2D eigenvalue weighted by molar-refractivity contribution is 7.25. The molecule has 0 saturated heterocycles. The Labute approximate surface area is 143 Å². The summed E-state index contributed by atoms with van der Waals surface area (Å²) in [6.45, 7) is 0. The third kappa shape index (κ3) is 1.88. The monoisotopic (exact) mass is 333 g/mol. The smallest absolute Gasteiger partial charge is 0.234 e. The van der Waals surface area contributed by atoms with Crippen molar-refractivity contribution in [3.63, 3.8) is 0 Å². The molecule has 118 valence electrons. The van der Waals surface area contributed by atoms with Crippen LogP contribution in [0.4, 0.5) is 0 Å². The number of thiophene rings is 1. The second-order valence-electron chi connectivity index (χ2n) is 5.98. The van der Waals surface area contributed by atoms with Crippen molar-refractivity contribution in [2.24, 2.45) is 0 Å². The number of aromatic nitrogens is 3. The summed E-state index contributed by atoms with van der Waals surface area (Å²) in [7, 11) is 1.65. The summed E-state index contributed by atoms with van der Waals surface area (Å²) in [5.41, 5.74) is 6.08. The molecule has 0 spiro atoms. The normalized spacial score (nSPS) is 13.5. The average Bonchev–Trinajstić information content (AvgIpc) is 3.25. The lowest BCUT2D eigenvalue weighted by molar-refractivity contribution is 0.403. The Bertz CT molecular complexity index is 1070. The summed E-state index contributed by atoms with van der Waals surface area (Å²) >= 11 is 1.63. The first-order valence-corrected chi connectivity index (χ1v) is 8.87. The molecule has 24 heavy (non-hydrogen) atoms. The molecule has 4 aromatic rings. The van der Waals surface area contributed by atoms with Crippen molar-refractivity contribution in [3.05, 3.63) is 47.8 Å². The number of methoxy groups -OCH3 is 1. The molecule has 1 aromatic carbocycles. The van der Waals surface area contributed by atoms with Crippen LogP contribution in [0, 0.1) is 0 Å². The van der Waals surface area contributed by atoms with E-state index < -0.39 is 0 Å². The van der Waals surface area contributed by atoms with Crippen molar-refractivity contribution in [1.82, 2.24) is 15.0 Å². The van der Waals surface area contributed by atoms with E-state index in [0.29, 0.717) is 5.88 Å². The Hall–Kier alpha value is -2.53. The minimum Gasteiger partial charge on any atom is -0.480 e. The maximum Gasteiger partial charge on any atom is 0.234 e. The van der Waals surface area contributed by atoms with Gasteiger partial charge in [-0.15, -0.1) is 11.3 Å². The van der Waals surface area contributed by atoms with Gasteiger partial charge in [0.05, 0.1) is 18.3 Å². The molecule has 1 aliphatic carbocycles. The highest BCUT2D eigenvalue weighted by Gasteiger charge is 2.24. The van der Waals surface area contributed by atoms with Crippen LogP contribution in [-0.2, 0) is 12.8 Å². The van der Waals surface area contributed by atoms with E-state index in [1.807, 2.05) is 6.07 Å². The molecule has 0 N–H and O–H groups in total. The minimum atomic E-state index is 0.635. The number of rotatable bonds is 2. The molecule has 5 heteroatoms. The summed E-state index contributed by atoms with van der Waals surface area (Å²) in [5.74, 6) is 0.635. The zero-order valence-electron chi connectivity index (χ0n) is 13.2. The lowest BCUT2D eigenvalue weighted by atomic mass is 10.0. The SMILES string of the molecule is COc1ncnc2c1sc1nc(-c3ccccc3)c3c(c12)CCC3. The molecular formula is C19H15N3OS. The molecule has 0 radical (unpaired) electrons. The van der Waals surface area contributed by atoms with Crippen LogP contribution in [-0.4, -0.2) is 22.1 Å². The van der Waals surface area contributed by atoms with Gasteiger partial charge in [0, 0.05) is 10.9 Å². The van der Waals surface area contributed by atoms with Crippen LogP contribution in [0.2, 0.25) is 0 Å². The van der Waals surface area contributed by atoms with Gasteiger partial charge >= 0.3 is 0 Å². The molecule has 0 fully saturated rings. The van der Waals surface area contributed by atoms with Crippen molar-refractivity contribution in [2.45, 2.75) is 19.3 Å². The maximum atomic E-state index is 5.42. The van der Waals surface area contributed by atoms with Crippen LogP contribution >= 0.6 is 11.3 Å². The Kier molecular flexibility index (Phi) is 3.03. The minimum absolute atomic E-state index is 0.635. The summed E-state index contributed by atoms with van der Waals surface area (Å²) < 4.78 is 6.41. The number of pyridine rings is 1. The van der Waals surface area contributed by atoms with E-state index in [9.17, 15) is 0 Å². The number of aryl methyl sites for hydroxylation is 1. The number of hydrogen-bond acceptors (Lipinski definition) is 5. The van der Waals surface area contributed by atoms with Crippen molar-refractivity contribution in [2.75, 3.05) is 7.11 Å². The fourth-order valence-corrected chi connectivity index (χ4v) is 4.78. The second kappa shape index (κ2) is 5.24. The van der Waals surface area contributed by atoms with Crippen LogP contribution in [0.5, 0.6) is 5.88 Å². The molecule has 5 rings (SSSR count). The van der Waals surface area contributed by atoms with Gasteiger partial charge in [-0.25, -0.2) is 15.0 Å². The zero-order chi connectivity index (χ0) is 16.1. The van der Waals surface area contributed by atoms with Gasteiger partial charge < -0.3 is 4.74 Å². The van der Waals surface area contributed by atoms with Crippen LogP contribution in [0.1, 0.15) is 17.5 Å². The fourth-order valence-electron chi connectivity index (χ4n) is 3.66. The molecule has 3 heterocycles. The molecule has 0 unspecified atom stereocenters. The largest absolute Gasteiger partial charge is 0.480 e. The predicted molar refractivity (Wildman–Crippen MR) is 96.7 cm³/mol. The lowest BCUT2D eigenvalue weighted by Crippen LogP contribution is -1.94. The summed E-state index contributed by atoms with van der Waals surface area (Å²) in [6.07, 6.45) is 4.93. The number of hydrogen-bond donors (Lipinski definition) is 0. The molecule has 0 atom stereocenters. The third-order valence-corrected chi connectivity index (χ3v) is 5.74. The van der Waals surface area contributed by atoms with E-state index >= 15 is 0 Å². The van der Waals surface area contributed by atoms with E-state index in [0.717, 1.165) is 33.6 Å². The van der Waals surface area contributed by atoms with Gasteiger partial charge in [0.25, 0.3) is 0 Å². The summed E-state index contributed by atoms with van der Waals surface area (Å²) in [4.78, 5) is 14.8. The molecule has 0 aliphatic heterocycles. The first-order chi connectivity index (χ1) is 11.9. The quantitative estimate of drug-likeness (QED) is 0.545. The van der Waals surface area contributed by atoms with Gasteiger partial charge in [-0.3, -0.25) is 0 Å². The van der Waals surface area contributed by atoms with Gasteiger partial charge in [0.2, 0.25) is 5.88 Å². The first-order valence-electron chi connectivity index (χ1n) is 8.05. The van der Waals surface area contributed by atoms with Crippen LogP contribution in [0.15, 0.2) is 36.7 Å². The first kappa shape index (κ1) is 13.9. The maximum absolute atomic E-state index is 5.42. The van der Waals surface area contributed by atoms with Crippen molar-refractivity contribution >= 4 is 31.8 Å². The molecule has 1 aliphatic rings. The predicted octanol–water partition coefficient (Wildman–Crippen LogP) is 4.40. The molecular weight excluding hydrogens is 318 g/mol. The van der Waals surface area contributed by atoms with Crippen molar-refractivity contribution in [3.8, 4) is 17.1 Å². The van der Waals surface area contributed by atoms with Crippen molar-refractivity contribution in [1.29, 1.82) is 0 Å². The summed E-state index contributed by atoms with van der Waals surface area (Å²) in [5, 5.41) is 1.20. The lowest BCUT2D eigenvalue weighted by Gasteiger charge is -2.09. The highest BCUT2D eigenvalue weighted by Crippen LogP contribution is 2.43. The highest BCUT2D eigenvalue weighted by atomic mass is 32.1. The van der Waals surface area contributed by atoms with Crippen LogP contribution in [0.3, 0.4) is 0 Å². The topological polar surface area (TPSA) is 47.9 Å². The molecule has 0 saturated carbocycles. The second-order valence-corrected chi connectivity index (χ2v) is 6.98. The molecule has 3 aromatic heterocycles. The number of benzene rings is 1. The number of ether oxygens (including phenoxy) is 1. The standard InChI is InChI=1S/C19H15N3OS/c1-23-18-17-16(20-10-21-18)14-12-8-5-9-13(12)15(22-19(14)24-17)11-6-3-2-4-7-11/h2-4,6-7,10H,5,8-9H2,1H3. The van der Waals surface area contributed by atoms with Crippen molar-refractivity contribution < 1.29 is 4.74 Å². The Morgan fingerprint density at radius 1 is 1.04 bits per heavy atom. The average molecular weight is 333 g/mol. The van der Waals surface area contributed by atoms with E-state index in [1.54, 1.807) is 24.8 Å². The van der Waals surface area contributed by atoms with Gasteiger partial charge in [-0.1, -0.05) is 30.3 Å². The Morgan fingerprint density at radius 2 is 1.88 bits per heavy atom. The molecule has 0 bridgehead atoms. The van der Waals surface area contributed by atoms with Crippen LogP contribution < -0.4 is 4.74 Å². The third-order valence-electron chi connectivity index (χ3n) is 4.68. The van der Waals surface area contributed by atoms with E-state index in [4.69, 9.17) is 9.72 Å². The molecule has 4 nitrogen and oxygen atoms in total. The fraction of sp³-hybridized carbons (Fsp3) is 0.211. The van der Waals surface area contributed by atoms with Crippen LogP contribution in [0.25, 0.3) is 31.7 Å². The van der Waals surface area contributed by atoms with Gasteiger partial charge in [-0.05, 0) is 30.4 Å². The van der Waals surface area contributed by atoms with Gasteiger partial charge in [-0.2, -0.15) is 0 Å². The Morgan fingerprint density at radius 3 is 2.71 bits per heavy atom.